The molecule has 0 spiro atoms. The van der Waals surface area contributed by atoms with Gasteiger partial charge in [-0.2, -0.15) is 0 Å². The Bertz CT molecular complexity index is 1100. The molecule has 0 bridgehead atoms. The van der Waals surface area contributed by atoms with Gasteiger partial charge in [0.05, 0.1) is 25.6 Å². The number of methoxy groups -OCH3 is 2. The van der Waals surface area contributed by atoms with E-state index >= 15 is 0 Å². The Labute approximate surface area is 180 Å². The molecule has 152 valence electrons. The van der Waals surface area contributed by atoms with Gasteiger partial charge in [-0.05, 0) is 47.7 Å². The third-order valence-corrected chi connectivity index (χ3v) is 5.80. The van der Waals surface area contributed by atoms with Crippen LogP contribution in [-0.2, 0) is 4.79 Å². The summed E-state index contributed by atoms with van der Waals surface area (Å²) in [7, 11) is 3.16. The number of nitrogens with one attached hydrogen (secondary N) is 1. The van der Waals surface area contributed by atoms with E-state index in [0.717, 1.165) is 21.7 Å². The predicted octanol–water partition coefficient (Wildman–Crippen LogP) is 5.28. The van der Waals surface area contributed by atoms with Crippen molar-refractivity contribution < 1.29 is 14.3 Å². The van der Waals surface area contributed by atoms with E-state index in [1.165, 1.54) is 0 Å². The fourth-order valence-corrected chi connectivity index (χ4v) is 3.97. The van der Waals surface area contributed by atoms with Gasteiger partial charge in [0.15, 0.2) is 11.5 Å². The Morgan fingerprint density at radius 1 is 0.967 bits per heavy atom. The van der Waals surface area contributed by atoms with Crippen molar-refractivity contribution >= 4 is 34.8 Å². The van der Waals surface area contributed by atoms with Gasteiger partial charge < -0.3 is 14.8 Å². The molecule has 0 fully saturated rings. The minimum atomic E-state index is -0.553. The van der Waals surface area contributed by atoms with Crippen LogP contribution in [0.2, 0.25) is 0 Å². The van der Waals surface area contributed by atoms with Gasteiger partial charge in [-0.1, -0.05) is 30.3 Å². The molecule has 1 amide bonds. The molecule has 5 nitrogen and oxygen atoms in total. The molecule has 0 saturated heterocycles. The van der Waals surface area contributed by atoms with Crippen LogP contribution in [0.15, 0.2) is 76.6 Å². The second-order valence-electron chi connectivity index (χ2n) is 6.78. The van der Waals surface area contributed by atoms with Crippen molar-refractivity contribution in [2.75, 3.05) is 25.8 Å². The summed E-state index contributed by atoms with van der Waals surface area (Å²) in [5.74, 6) is 0.476. The van der Waals surface area contributed by atoms with Crippen molar-refractivity contribution in [3.05, 3.63) is 77.9 Å². The highest BCUT2D eigenvalue weighted by Gasteiger charge is 2.36. The molecular formula is C24H22N2O3S. The largest absolute Gasteiger partial charge is 0.493 e. The van der Waals surface area contributed by atoms with Gasteiger partial charge in [0.2, 0.25) is 5.91 Å². The van der Waals surface area contributed by atoms with Crippen LogP contribution in [0.5, 0.6) is 11.5 Å². The highest BCUT2D eigenvalue weighted by Crippen LogP contribution is 2.42. The molecule has 1 unspecified atom stereocenters. The van der Waals surface area contributed by atoms with Crippen molar-refractivity contribution in [3.63, 3.8) is 0 Å². The molecule has 1 aliphatic rings. The first-order valence-corrected chi connectivity index (χ1v) is 10.7. The SMILES string of the molecule is COc1cc2c(cc1OC)C(C(=Nc1ccc(SC)cc1)c1ccccc1)C(=O)N2. The van der Waals surface area contributed by atoms with Crippen molar-refractivity contribution in [3.8, 4) is 11.5 Å². The van der Waals surface area contributed by atoms with E-state index in [1.54, 1.807) is 32.0 Å². The molecule has 0 radical (unpaired) electrons. The molecule has 1 heterocycles. The minimum absolute atomic E-state index is 0.122. The predicted molar refractivity (Wildman–Crippen MR) is 122 cm³/mol. The van der Waals surface area contributed by atoms with E-state index in [1.807, 2.05) is 66.9 Å². The number of carbonyl (C=O) groups excluding carboxylic acids is 1. The number of fused-ring (bicyclic) bond motifs is 1. The van der Waals surface area contributed by atoms with Gasteiger partial charge >= 0.3 is 0 Å². The maximum absolute atomic E-state index is 13.1. The lowest BCUT2D eigenvalue weighted by Gasteiger charge is -2.15. The summed E-state index contributed by atoms with van der Waals surface area (Å²) in [6.07, 6.45) is 2.04. The van der Waals surface area contributed by atoms with Gasteiger partial charge in [0.25, 0.3) is 0 Å². The monoisotopic (exact) mass is 418 g/mol. The summed E-state index contributed by atoms with van der Waals surface area (Å²) in [6, 6.07) is 21.4. The Morgan fingerprint density at radius 3 is 2.27 bits per heavy atom. The lowest BCUT2D eigenvalue weighted by atomic mass is 9.90. The molecule has 30 heavy (non-hydrogen) atoms. The number of hydrogen-bond donors (Lipinski definition) is 1. The van der Waals surface area contributed by atoms with E-state index < -0.39 is 5.92 Å². The molecule has 0 saturated carbocycles. The number of nitrogens with zero attached hydrogens (tertiary/aromatic N) is 1. The van der Waals surface area contributed by atoms with E-state index in [2.05, 4.69) is 5.32 Å². The maximum Gasteiger partial charge on any atom is 0.238 e. The van der Waals surface area contributed by atoms with Crippen molar-refractivity contribution in [1.82, 2.24) is 0 Å². The zero-order chi connectivity index (χ0) is 21.1. The fraction of sp³-hybridized carbons (Fsp3) is 0.167. The molecule has 3 aromatic carbocycles. The molecule has 3 aromatic rings. The molecule has 0 aliphatic carbocycles. The average Bonchev–Trinajstić information content (AvgIpc) is 3.11. The molecule has 0 aromatic heterocycles. The van der Waals surface area contributed by atoms with Gasteiger partial charge in [-0.15, -0.1) is 11.8 Å². The highest BCUT2D eigenvalue weighted by atomic mass is 32.2. The topological polar surface area (TPSA) is 59.9 Å². The number of ether oxygens (including phenoxy) is 2. The first-order valence-electron chi connectivity index (χ1n) is 9.49. The zero-order valence-electron chi connectivity index (χ0n) is 17.0. The standard InChI is InChI=1S/C24H22N2O3S/c1-28-20-13-18-19(14-21(20)29-2)26-24(27)22(18)23(15-7-5-4-6-8-15)25-16-9-11-17(30-3)12-10-16/h4-14,22H,1-3H3,(H,26,27). The maximum atomic E-state index is 13.1. The number of thioether (sulfide) groups is 1. The molecule has 4 rings (SSSR count). The number of amides is 1. The minimum Gasteiger partial charge on any atom is -0.493 e. The van der Waals surface area contributed by atoms with Crippen LogP contribution in [0, 0.1) is 0 Å². The first-order chi connectivity index (χ1) is 14.6. The van der Waals surface area contributed by atoms with Gasteiger partial charge in [-0.3, -0.25) is 9.79 Å². The van der Waals surface area contributed by atoms with Crippen LogP contribution in [0.25, 0.3) is 0 Å². The van der Waals surface area contributed by atoms with E-state index in [0.29, 0.717) is 22.9 Å². The zero-order valence-corrected chi connectivity index (χ0v) is 17.8. The lowest BCUT2D eigenvalue weighted by molar-refractivity contribution is -0.115. The Kier molecular flexibility index (Phi) is 5.77. The Balaban J connectivity index is 1.86. The molecule has 6 heteroatoms. The van der Waals surface area contributed by atoms with Crippen LogP contribution in [0.4, 0.5) is 11.4 Å². The Morgan fingerprint density at radius 2 is 1.63 bits per heavy atom. The van der Waals surface area contributed by atoms with E-state index in [9.17, 15) is 4.79 Å². The van der Waals surface area contributed by atoms with Crippen molar-refractivity contribution in [2.45, 2.75) is 10.8 Å². The van der Waals surface area contributed by atoms with E-state index in [4.69, 9.17) is 14.5 Å². The molecule has 1 atom stereocenters. The van der Waals surface area contributed by atoms with Gasteiger partial charge in [0.1, 0.15) is 5.92 Å². The number of benzene rings is 3. The summed E-state index contributed by atoms with van der Waals surface area (Å²) < 4.78 is 10.9. The van der Waals surface area contributed by atoms with Crippen LogP contribution < -0.4 is 14.8 Å². The second kappa shape index (κ2) is 8.63. The van der Waals surface area contributed by atoms with Crippen molar-refractivity contribution in [1.29, 1.82) is 0 Å². The number of rotatable bonds is 6. The highest BCUT2D eigenvalue weighted by molar-refractivity contribution is 7.98. The molecule has 1 aliphatic heterocycles. The number of carbonyl (C=O) groups is 1. The smallest absolute Gasteiger partial charge is 0.238 e. The summed E-state index contributed by atoms with van der Waals surface area (Å²) >= 11 is 1.68. The summed E-state index contributed by atoms with van der Waals surface area (Å²) in [6.45, 7) is 0. The lowest BCUT2D eigenvalue weighted by Crippen LogP contribution is -2.22. The van der Waals surface area contributed by atoms with Gasteiger partial charge in [0, 0.05) is 16.6 Å². The summed E-state index contributed by atoms with van der Waals surface area (Å²) in [5, 5.41) is 2.97. The number of anilines is 1. The van der Waals surface area contributed by atoms with Crippen molar-refractivity contribution in [2.24, 2.45) is 4.99 Å². The average molecular weight is 419 g/mol. The number of aliphatic imine (C=N–C) groups is 1. The molecular weight excluding hydrogens is 396 g/mol. The van der Waals surface area contributed by atoms with E-state index in [-0.39, 0.29) is 5.91 Å². The van der Waals surface area contributed by atoms with Crippen LogP contribution in [-0.4, -0.2) is 32.1 Å². The normalized spacial score (nSPS) is 15.5. The third kappa shape index (κ3) is 3.78. The molecule has 1 N–H and O–H groups in total. The second-order valence-corrected chi connectivity index (χ2v) is 7.66. The number of hydrogen-bond acceptors (Lipinski definition) is 5. The summed E-state index contributed by atoms with van der Waals surface area (Å²) in [5.41, 5.74) is 3.92. The fourth-order valence-electron chi connectivity index (χ4n) is 3.56. The Hall–Kier alpha value is -3.25. The summed E-state index contributed by atoms with van der Waals surface area (Å²) in [4.78, 5) is 19.1. The first kappa shape index (κ1) is 20.0. The van der Waals surface area contributed by atoms with Crippen LogP contribution in [0.3, 0.4) is 0 Å². The third-order valence-electron chi connectivity index (χ3n) is 5.05. The van der Waals surface area contributed by atoms with Gasteiger partial charge in [-0.25, -0.2) is 0 Å². The van der Waals surface area contributed by atoms with Crippen LogP contribution >= 0.6 is 11.8 Å². The van der Waals surface area contributed by atoms with Crippen LogP contribution in [0.1, 0.15) is 17.0 Å². The quantitative estimate of drug-likeness (QED) is 0.437.